The van der Waals surface area contributed by atoms with Crippen LogP contribution in [-0.4, -0.2) is 6.61 Å². The van der Waals surface area contributed by atoms with E-state index in [-0.39, 0.29) is 0 Å². The molecule has 0 atom stereocenters. The fourth-order valence-electron chi connectivity index (χ4n) is 2.14. The van der Waals surface area contributed by atoms with Gasteiger partial charge in [0.1, 0.15) is 0 Å². The van der Waals surface area contributed by atoms with Crippen LogP contribution in [0.5, 0.6) is 0 Å². The lowest BCUT2D eigenvalue weighted by Crippen LogP contribution is -1.99. The molecule has 0 radical (unpaired) electrons. The molecule has 0 N–H and O–H groups in total. The molecule has 21 heavy (non-hydrogen) atoms. The van der Waals surface area contributed by atoms with Crippen molar-refractivity contribution in [3.05, 3.63) is 71.8 Å². The van der Waals surface area contributed by atoms with Gasteiger partial charge in [-0.15, -0.1) is 12.3 Å². The first kappa shape index (κ1) is 15.6. The van der Waals surface area contributed by atoms with Crippen LogP contribution in [0.3, 0.4) is 0 Å². The minimum Gasteiger partial charge on any atom is -0.327 e. The average molecular weight is 298 g/mol. The van der Waals surface area contributed by atoms with E-state index in [1.807, 2.05) is 60.7 Å². The molecular weight excluding hydrogens is 279 g/mol. The van der Waals surface area contributed by atoms with Crippen molar-refractivity contribution >= 4 is 7.37 Å². The van der Waals surface area contributed by atoms with Gasteiger partial charge in [0, 0.05) is 6.42 Å². The maximum atomic E-state index is 13.1. The number of benzene rings is 2. The highest BCUT2D eigenvalue weighted by Crippen LogP contribution is 2.53. The predicted octanol–water partition coefficient (Wildman–Crippen LogP) is 4.70. The number of hydrogen-bond acceptors (Lipinski definition) is 2. The van der Waals surface area contributed by atoms with Gasteiger partial charge in [-0.05, 0) is 11.1 Å². The molecule has 0 aliphatic carbocycles. The van der Waals surface area contributed by atoms with Gasteiger partial charge in [-0.2, -0.15) is 0 Å². The Morgan fingerprint density at radius 2 is 1.38 bits per heavy atom. The van der Waals surface area contributed by atoms with Crippen molar-refractivity contribution in [1.29, 1.82) is 0 Å². The zero-order chi connectivity index (χ0) is 15.0. The molecule has 0 saturated carbocycles. The van der Waals surface area contributed by atoms with E-state index in [2.05, 4.69) is 5.92 Å². The highest BCUT2D eigenvalue weighted by Gasteiger charge is 2.24. The summed E-state index contributed by atoms with van der Waals surface area (Å²) < 4.78 is 18.8. The Morgan fingerprint density at radius 3 is 1.81 bits per heavy atom. The first-order valence-corrected chi connectivity index (χ1v) is 8.95. The Bertz CT molecular complexity index is 584. The molecule has 0 bridgehead atoms. The molecule has 0 unspecified atom stereocenters. The summed E-state index contributed by atoms with van der Waals surface area (Å²) in [6.07, 6.45) is 6.60. The maximum absolute atomic E-state index is 13.1. The summed E-state index contributed by atoms with van der Waals surface area (Å²) in [5, 5.41) is 0. The molecule has 3 heteroatoms. The largest absolute Gasteiger partial charge is 0.327 e. The molecule has 0 fully saturated rings. The molecule has 2 rings (SSSR count). The molecular formula is C18H19O2P. The molecule has 108 valence electrons. The highest BCUT2D eigenvalue weighted by atomic mass is 31.2. The Hall–Kier alpha value is -1.81. The van der Waals surface area contributed by atoms with Crippen LogP contribution in [0.4, 0.5) is 0 Å². The van der Waals surface area contributed by atoms with E-state index < -0.39 is 7.37 Å². The third kappa shape index (κ3) is 5.23. The minimum absolute atomic E-state index is 0.341. The van der Waals surface area contributed by atoms with Gasteiger partial charge in [0.15, 0.2) is 0 Å². The van der Waals surface area contributed by atoms with Crippen LogP contribution < -0.4 is 0 Å². The summed E-state index contributed by atoms with van der Waals surface area (Å²) in [6, 6.07) is 19.6. The lowest BCUT2D eigenvalue weighted by molar-refractivity contribution is 0.320. The van der Waals surface area contributed by atoms with Crippen LogP contribution in [0.25, 0.3) is 0 Å². The van der Waals surface area contributed by atoms with Gasteiger partial charge in [0.05, 0.1) is 18.9 Å². The van der Waals surface area contributed by atoms with Crippen molar-refractivity contribution in [2.75, 3.05) is 6.61 Å². The standard InChI is InChI=1S/C18H19O2P/c1-2-3-14-20-21(19,15-17-10-6-4-7-11-17)16-18-12-8-5-9-13-18/h1,4-13H,3,14-16H2. The van der Waals surface area contributed by atoms with E-state index in [9.17, 15) is 4.57 Å². The van der Waals surface area contributed by atoms with Gasteiger partial charge in [0.25, 0.3) is 0 Å². The second-order valence-electron chi connectivity index (χ2n) is 4.89. The molecule has 2 nitrogen and oxygen atoms in total. The fraction of sp³-hybridized carbons (Fsp3) is 0.222. The van der Waals surface area contributed by atoms with Crippen molar-refractivity contribution in [3.63, 3.8) is 0 Å². The molecule has 0 saturated heterocycles. The van der Waals surface area contributed by atoms with Gasteiger partial charge in [-0.25, -0.2) is 0 Å². The molecule has 0 aromatic heterocycles. The van der Waals surface area contributed by atoms with E-state index >= 15 is 0 Å². The van der Waals surface area contributed by atoms with Crippen LogP contribution in [0.2, 0.25) is 0 Å². The van der Waals surface area contributed by atoms with Gasteiger partial charge in [-0.3, -0.25) is 4.57 Å². The van der Waals surface area contributed by atoms with E-state index in [4.69, 9.17) is 10.9 Å². The second-order valence-corrected chi connectivity index (χ2v) is 7.41. The molecule has 2 aromatic carbocycles. The van der Waals surface area contributed by atoms with Crippen molar-refractivity contribution in [3.8, 4) is 12.3 Å². The average Bonchev–Trinajstić information content (AvgIpc) is 2.49. The number of rotatable bonds is 7. The summed E-state index contributed by atoms with van der Waals surface area (Å²) in [7, 11) is -2.79. The monoisotopic (exact) mass is 298 g/mol. The fourth-order valence-corrected chi connectivity index (χ4v) is 4.39. The third-order valence-corrected chi connectivity index (χ3v) is 5.45. The lowest BCUT2D eigenvalue weighted by Gasteiger charge is -2.18. The maximum Gasteiger partial charge on any atom is 0.211 e. The van der Waals surface area contributed by atoms with E-state index in [1.165, 1.54) is 0 Å². The van der Waals surface area contributed by atoms with Crippen molar-refractivity contribution in [2.24, 2.45) is 0 Å². The summed E-state index contributed by atoms with van der Waals surface area (Å²) in [5.41, 5.74) is 2.05. The van der Waals surface area contributed by atoms with E-state index in [1.54, 1.807) is 0 Å². The zero-order valence-electron chi connectivity index (χ0n) is 11.9. The van der Waals surface area contributed by atoms with Crippen LogP contribution in [0.1, 0.15) is 17.5 Å². The minimum atomic E-state index is -2.79. The first-order valence-electron chi connectivity index (χ1n) is 6.96. The highest BCUT2D eigenvalue weighted by molar-refractivity contribution is 7.57. The topological polar surface area (TPSA) is 26.3 Å². The summed E-state index contributed by atoms with van der Waals surface area (Å²) in [5.74, 6) is 2.52. The second kappa shape index (κ2) is 7.84. The van der Waals surface area contributed by atoms with E-state index in [0.29, 0.717) is 25.4 Å². The van der Waals surface area contributed by atoms with Gasteiger partial charge in [-0.1, -0.05) is 60.7 Å². The smallest absolute Gasteiger partial charge is 0.211 e. The van der Waals surface area contributed by atoms with Crippen LogP contribution in [-0.2, 0) is 21.4 Å². The zero-order valence-corrected chi connectivity index (χ0v) is 12.8. The Morgan fingerprint density at radius 1 is 0.905 bits per heavy atom. The molecule has 0 aliphatic heterocycles. The quantitative estimate of drug-likeness (QED) is 0.420. The van der Waals surface area contributed by atoms with Crippen molar-refractivity contribution in [2.45, 2.75) is 18.7 Å². The summed E-state index contributed by atoms with van der Waals surface area (Å²) in [4.78, 5) is 0. The SMILES string of the molecule is C#CCCOP(=O)(Cc1ccccc1)Cc1ccccc1. The Labute approximate surface area is 126 Å². The van der Waals surface area contributed by atoms with Gasteiger partial charge < -0.3 is 4.52 Å². The molecule has 0 amide bonds. The van der Waals surface area contributed by atoms with E-state index in [0.717, 1.165) is 11.1 Å². The van der Waals surface area contributed by atoms with Crippen LogP contribution >= 0.6 is 7.37 Å². The molecule has 2 aromatic rings. The van der Waals surface area contributed by atoms with Crippen molar-refractivity contribution in [1.82, 2.24) is 0 Å². The van der Waals surface area contributed by atoms with Gasteiger partial charge in [0.2, 0.25) is 7.37 Å². The van der Waals surface area contributed by atoms with Gasteiger partial charge >= 0.3 is 0 Å². The van der Waals surface area contributed by atoms with Crippen LogP contribution in [0, 0.1) is 12.3 Å². The molecule has 0 spiro atoms. The normalized spacial score (nSPS) is 11.0. The number of terminal acetylenes is 1. The number of hydrogen-bond donors (Lipinski definition) is 0. The van der Waals surface area contributed by atoms with Crippen LogP contribution in [0.15, 0.2) is 60.7 Å². The predicted molar refractivity (Wildman–Crippen MR) is 87.3 cm³/mol. The lowest BCUT2D eigenvalue weighted by atomic mass is 10.2. The Kier molecular flexibility index (Phi) is 5.81. The first-order chi connectivity index (χ1) is 10.2. The summed E-state index contributed by atoms with van der Waals surface area (Å²) >= 11 is 0. The Balaban J connectivity index is 2.14. The third-order valence-electron chi connectivity index (χ3n) is 3.11. The van der Waals surface area contributed by atoms with Crippen molar-refractivity contribution < 1.29 is 9.09 Å². The summed E-state index contributed by atoms with van der Waals surface area (Å²) in [6.45, 7) is 0.341. The molecule has 0 aliphatic rings. The molecule has 0 heterocycles.